The van der Waals surface area contributed by atoms with Crippen LogP contribution in [0.5, 0.6) is 0 Å². The van der Waals surface area contributed by atoms with Crippen molar-refractivity contribution in [3.8, 4) is 11.3 Å². The molecule has 0 saturated carbocycles. The van der Waals surface area contributed by atoms with E-state index in [-0.39, 0.29) is 23.3 Å². The van der Waals surface area contributed by atoms with E-state index in [1.54, 1.807) is 6.08 Å². The second-order valence-electron chi connectivity index (χ2n) is 14.7. The summed E-state index contributed by atoms with van der Waals surface area (Å²) < 4.78 is 7.22. The zero-order chi connectivity index (χ0) is 35.4. The molecule has 2 saturated heterocycles. The predicted octanol–water partition coefficient (Wildman–Crippen LogP) is 6.02. The standard InChI is InChI=1S/C40H49N9O2/c1-27(2)35-26-44-49-37(35)46-38(45-31-13-15-40(3,4)43-25-31)47-39(49)42-24-30-8-5-6-10-33(30)36-34-12-11-28(22-29(34)14-16-41-36)23-32(50)9-7-17-48-18-20-51-21-19-48/h5-12,14,16,22,26-27,31,43H,13,15,17-21,23-25H2,1-4H3,(H2,42,45,46,47)/b9-7+. The number of morpholine rings is 1. The highest BCUT2D eigenvalue weighted by Crippen LogP contribution is 2.31. The van der Waals surface area contributed by atoms with E-state index in [4.69, 9.17) is 19.7 Å². The summed E-state index contributed by atoms with van der Waals surface area (Å²) in [5, 5.41) is 17.6. The van der Waals surface area contributed by atoms with Crippen LogP contribution in [0.2, 0.25) is 0 Å². The summed E-state index contributed by atoms with van der Waals surface area (Å²) in [7, 11) is 0. The van der Waals surface area contributed by atoms with Crippen molar-refractivity contribution < 1.29 is 9.53 Å². The molecule has 0 bridgehead atoms. The Labute approximate surface area is 299 Å². The first kappa shape index (κ1) is 34.7. The lowest BCUT2D eigenvalue weighted by atomic mass is 9.91. The second-order valence-corrected chi connectivity index (χ2v) is 14.7. The highest BCUT2D eigenvalue weighted by Gasteiger charge is 2.27. The Hall–Kier alpha value is -4.71. The average molecular weight is 688 g/mol. The summed E-state index contributed by atoms with van der Waals surface area (Å²) in [5.74, 6) is 1.60. The molecule has 0 spiro atoms. The highest BCUT2D eigenvalue weighted by atomic mass is 16.5. The number of aromatic nitrogens is 5. The lowest BCUT2D eigenvalue weighted by Gasteiger charge is -2.36. The van der Waals surface area contributed by atoms with Crippen LogP contribution >= 0.6 is 0 Å². The molecule has 5 aromatic rings. The van der Waals surface area contributed by atoms with Gasteiger partial charge in [-0.15, -0.1) is 0 Å². The first-order valence-electron chi connectivity index (χ1n) is 18.2. The van der Waals surface area contributed by atoms with Gasteiger partial charge in [-0.05, 0) is 61.3 Å². The minimum Gasteiger partial charge on any atom is -0.379 e. The van der Waals surface area contributed by atoms with Crippen LogP contribution < -0.4 is 16.0 Å². The number of anilines is 2. The van der Waals surface area contributed by atoms with Gasteiger partial charge in [0.2, 0.25) is 11.9 Å². The van der Waals surface area contributed by atoms with E-state index >= 15 is 0 Å². The van der Waals surface area contributed by atoms with Gasteiger partial charge in [-0.3, -0.25) is 14.7 Å². The van der Waals surface area contributed by atoms with Crippen molar-refractivity contribution in [2.24, 2.45) is 0 Å². The molecule has 3 N–H and O–H groups in total. The molecule has 51 heavy (non-hydrogen) atoms. The van der Waals surface area contributed by atoms with Gasteiger partial charge in [-0.2, -0.15) is 19.6 Å². The molecule has 266 valence electrons. The van der Waals surface area contributed by atoms with Crippen LogP contribution in [0, 0.1) is 0 Å². The number of rotatable bonds is 12. The number of carbonyl (C=O) groups excluding carboxylic acids is 1. The normalized spacial score (nSPS) is 18.2. The molecule has 0 radical (unpaired) electrons. The molecule has 2 aliphatic rings. The average Bonchev–Trinajstić information content (AvgIpc) is 3.56. The van der Waals surface area contributed by atoms with Crippen LogP contribution in [0.25, 0.3) is 27.7 Å². The largest absolute Gasteiger partial charge is 0.379 e. The molecule has 2 fully saturated rings. The Morgan fingerprint density at radius 3 is 2.76 bits per heavy atom. The van der Waals surface area contributed by atoms with Gasteiger partial charge in [-0.25, -0.2) is 0 Å². The van der Waals surface area contributed by atoms with Gasteiger partial charge < -0.3 is 20.7 Å². The van der Waals surface area contributed by atoms with Crippen molar-refractivity contribution >= 4 is 34.1 Å². The van der Waals surface area contributed by atoms with Crippen molar-refractivity contribution in [3.63, 3.8) is 0 Å². The minimum atomic E-state index is 0.0996. The zero-order valence-corrected chi connectivity index (χ0v) is 30.2. The third kappa shape index (κ3) is 8.27. The van der Waals surface area contributed by atoms with E-state index in [1.165, 1.54) is 0 Å². The summed E-state index contributed by atoms with van der Waals surface area (Å²) in [5.41, 5.74) is 6.03. The van der Waals surface area contributed by atoms with E-state index in [0.29, 0.717) is 24.9 Å². The molecule has 0 aliphatic carbocycles. The predicted molar refractivity (Wildman–Crippen MR) is 203 cm³/mol. The number of piperidine rings is 1. The number of carbonyl (C=O) groups is 1. The Morgan fingerprint density at radius 1 is 1.12 bits per heavy atom. The first-order valence-corrected chi connectivity index (χ1v) is 18.2. The van der Waals surface area contributed by atoms with Gasteiger partial charge in [0, 0.05) is 73.4 Å². The second kappa shape index (κ2) is 15.3. The van der Waals surface area contributed by atoms with Gasteiger partial charge >= 0.3 is 0 Å². The lowest BCUT2D eigenvalue weighted by molar-refractivity contribution is -0.114. The summed E-state index contributed by atoms with van der Waals surface area (Å²) in [6.07, 6.45) is 9.91. The first-order chi connectivity index (χ1) is 24.7. The molecule has 2 aromatic carbocycles. The Morgan fingerprint density at radius 2 is 1.96 bits per heavy atom. The van der Waals surface area contributed by atoms with Crippen LogP contribution in [0.4, 0.5) is 11.9 Å². The summed E-state index contributed by atoms with van der Waals surface area (Å²) in [4.78, 5) is 29.8. The van der Waals surface area contributed by atoms with Gasteiger partial charge in [-0.1, -0.05) is 62.4 Å². The van der Waals surface area contributed by atoms with E-state index in [9.17, 15) is 4.79 Å². The van der Waals surface area contributed by atoms with Crippen molar-refractivity contribution in [3.05, 3.63) is 89.8 Å². The Bertz CT molecular complexity index is 2020. The molecule has 5 heterocycles. The SMILES string of the molecule is CC(C)c1cnn2c(NCc3ccccc3-c3nccc4cc(CC(=O)/C=C/CN5CCOCC5)ccc34)nc(NC3CCC(C)(C)NC3)nc12. The molecule has 11 heteroatoms. The van der Waals surface area contributed by atoms with Crippen LogP contribution in [0.1, 0.15) is 63.1 Å². The van der Waals surface area contributed by atoms with Crippen molar-refractivity contribution in [1.82, 2.24) is 34.8 Å². The maximum absolute atomic E-state index is 12.8. The van der Waals surface area contributed by atoms with Gasteiger partial charge in [0.05, 0.1) is 25.1 Å². The maximum Gasteiger partial charge on any atom is 0.229 e. The molecule has 2 aliphatic heterocycles. The number of ketones is 1. The molecule has 1 unspecified atom stereocenters. The zero-order valence-electron chi connectivity index (χ0n) is 30.2. The number of fused-ring (bicyclic) bond motifs is 2. The number of pyridine rings is 1. The lowest BCUT2D eigenvalue weighted by Crippen LogP contribution is -2.50. The van der Waals surface area contributed by atoms with E-state index < -0.39 is 0 Å². The summed E-state index contributed by atoms with van der Waals surface area (Å²) in [6.45, 7) is 14.3. The number of allylic oxidation sites excluding steroid dienone is 1. The number of ether oxygens (including phenoxy) is 1. The Kier molecular flexibility index (Phi) is 10.4. The van der Waals surface area contributed by atoms with Crippen molar-refractivity contribution in [2.75, 3.05) is 50.0 Å². The molecular weight excluding hydrogens is 639 g/mol. The summed E-state index contributed by atoms with van der Waals surface area (Å²) >= 11 is 0. The Balaban J connectivity index is 1.10. The van der Waals surface area contributed by atoms with Crippen LogP contribution in [-0.4, -0.2) is 86.2 Å². The van der Waals surface area contributed by atoms with Crippen LogP contribution in [-0.2, 0) is 22.5 Å². The van der Waals surface area contributed by atoms with E-state index in [0.717, 1.165) is 96.6 Å². The smallest absolute Gasteiger partial charge is 0.229 e. The quantitative estimate of drug-likeness (QED) is 0.134. The minimum absolute atomic E-state index is 0.0996. The number of hydrogen-bond donors (Lipinski definition) is 3. The third-order valence-electron chi connectivity index (χ3n) is 9.98. The monoisotopic (exact) mass is 687 g/mol. The number of benzene rings is 2. The van der Waals surface area contributed by atoms with Gasteiger partial charge in [0.1, 0.15) is 0 Å². The number of hydrogen-bond acceptors (Lipinski definition) is 10. The van der Waals surface area contributed by atoms with Crippen LogP contribution in [0.3, 0.4) is 0 Å². The van der Waals surface area contributed by atoms with Gasteiger partial charge in [0.25, 0.3) is 0 Å². The highest BCUT2D eigenvalue weighted by molar-refractivity contribution is 5.97. The summed E-state index contributed by atoms with van der Waals surface area (Å²) in [6, 6.07) is 16.8. The van der Waals surface area contributed by atoms with E-state index in [2.05, 4.69) is 77.9 Å². The topological polar surface area (TPSA) is 122 Å². The molecule has 7 rings (SSSR count). The van der Waals surface area contributed by atoms with Gasteiger partial charge in [0.15, 0.2) is 11.4 Å². The van der Waals surface area contributed by atoms with E-state index in [1.807, 2.05) is 47.3 Å². The molecular formula is C40H49N9O2. The molecule has 0 amide bonds. The van der Waals surface area contributed by atoms with Crippen molar-refractivity contribution in [2.45, 2.75) is 71.0 Å². The van der Waals surface area contributed by atoms with Crippen molar-refractivity contribution in [1.29, 1.82) is 0 Å². The molecule has 1 atom stereocenters. The number of nitrogens with one attached hydrogen (secondary N) is 3. The third-order valence-corrected chi connectivity index (χ3v) is 9.98. The molecule has 11 nitrogen and oxygen atoms in total. The van der Waals surface area contributed by atoms with Crippen LogP contribution in [0.15, 0.2) is 73.1 Å². The fourth-order valence-corrected chi connectivity index (χ4v) is 6.92. The fourth-order valence-electron chi connectivity index (χ4n) is 6.92. The molecule has 3 aromatic heterocycles. The number of nitrogens with zero attached hydrogens (tertiary/aromatic N) is 6. The maximum atomic E-state index is 12.8. The fraction of sp³-hybridized carbons (Fsp3) is 0.425.